The Morgan fingerprint density at radius 1 is 1.03 bits per heavy atom. The van der Waals surface area contributed by atoms with Crippen molar-refractivity contribution in [2.75, 3.05) is 23.3 Å². The minimum Gasteiger partial charge on any atom is -0.481 e. The van der Waals surface area contributed by atoms with E-state index in [-0.39, 0.29) is 37.1 Å². The summed E-state index contributed by atoms with van der Waals surface area (Å²) in [6.45, 7) is 2.28. The molecule has 4 rings (SSSR count). The molecule has 0 aromatic heterocycles. The van der Waals surface area contributed by atoms with Gasteiger partial charge >= 0.3 is 5.97 Å². The second-order valence-electron chi connectivity index (χ2n) is 8.57. The lowest BCUT2D eigenvalue weighted by Gasteiger charge is -2.29. The summed E-state index contributed by atoms with van der Waals surface area (Å²) in [5.41, 5.74) is 3.12. The molecule has 1 saturated heterocycles. The van der Waals surface area contributed by atoms with E-state index >= 15 is 0 Å². The molecule has 33 heavy (non-hydrogen) atoms. The second kappa shape index (κ2) is 9.44. The number of aryl methyl sites for hydroxylation is 1. The first-order valence-corrected chi connectivity index (χ1v) is 11.1. The number of carbonyl (C=O) groups excluding carboxylic acids is 3. The van der Waals surface area contributed by atoms with E-state index in [0.717, 1.165) is 11.1 Å². The van der Waals surface area contributed by atoms with E-state index in [9.17, 15) is 24.3 Å². The lowest BCUT2D eigenvalue weighted by atomic mass is 9.93. The first-order chi connectivity index (χ1) is 15.8. The Morgan fingerprint density at radius 2 is 1.73 bits per heavy atom. The molecule has 2 aliphatic rings. The van der Waals surface area contributed by atoms with Gasteiger partial charge in [-0.3, -0.25) is 19.2 Å². The van der Waals surface area contributed by atoms with Gasteiger partial charge in [0.15, 0.2) is 0 Å². The van der Waals surface area contributed by atoms with Crippen molar-refractivity contribution in [1.29, 1.82) is 0 Å². The number of amides is 3. The van der Waals surface area contributed by atoms with Gasteiger partial charge in [0.2, 0.25) is 17.7 Å². The molecule has 3 amide bonds. The van der Waals surface area contributed by atoms with E-state index in [1.54, 1.807) is 29.2 Å². The molecule has 2 aromatic rings. The lowest BCUT2D eigenvalue weighted by Crippen LogP contribution is -2.42. The van der Waals surface area contributed by atoms with Crippen LogP contribution < -0.4 is 10.2 Å². The molecule has 0 bridgehead atoms. The number of nitrogens with one attached hydrogen (secondary N) is 1. The second-order valence-corrected chi connectivity index (χ2v) is 8.57. The zero-order valence-electron chi connectivity index (χ0n) is 18.5. The fourth-order valence-electron chi connectivity index (χ4n) is 4.63. The molecular formula is C25H27N3O5. The average Bonchev–Trinajstić information content (AvgIpc) is 3.24. The van der Waals surface area contributed by atoms with E-state index in [1.807, 2.05) is 31.2 Å². The van der Waals surface area contributed by atoms with Crippen LogP contribution in [-0.4, -0.2) is 46.8 Å². The third-order valence-electron chi connectivity index (χ3n) is 6.31. The lowest BCUT2D eigenvalue weighted by molar-refractivity contribution is -0.143. The summed E-state index contributed by atoms with van der Waals surface area (Å²) in [5, 5.41) is 12.4. The highest BCUT2D eigenvalue weighted by atomic mass is 16.4. The van der Waals surface area contributed by atoms with Gasteiger partial charge in [-0.15, -0.1) is 0 Å². The van der Waals surface area contributed by atoms with Crippen LogP contribution in [0.1, 0.15) is 42.9 Å². The molecule has 172 valence electrons. The minimum absolute atomic E-state index is 0.0499. The van der Waals surface area contributed by atoms with Crippen LogP contribution in [0.15, 0.2) is 48.5 Å². The van der Waals surface area contributed by atoms with Crippen LogP contribution in [0.4, 0.5) is 11.4 Å². The van der Waals surface area contributed by atoms with Gasteiger partial charge in [0.05, 0.1) is 23.3 Å². The van der Waals surface area contributed by atoms with Crippen LogP contribution in [0.5, 0.6) is 0 Å². The monoisotopic (exact) mass is 449 g/mol. The molecule has 2 N–H and O–H groups in total. The van der Waals surface area contributed by atoms with Gasteiger partial charge in [-0.1, -0.05) is 42.0 Å². The quantitative estimate of drug-likeness (QED) is 0.705. The summed E-state index contributed by atoms with van der Waals surface area (Å²) >= 11 is 0. The predicted molar refractivity (Wildman–Crippen MR) is 123 cm³/mol. The third-order valence-corrected chi connectivity index (χ3v) is 6.31. The van der Waals surface area contributed by atoms with Gasteiger partial charge in [-0.2, -0.15) is 0 Å². The number of nitrogens with zero attached hydrogens (tertiary/aromatic N) is 2. The molecule has 2 heterocycles. The Kier molecular flexibility index (Phi) is 6.44. The van der Waals surface area contributed by atoms with E-state index in [4.69, 9.17) is 0 Å². The molecule has 2 atom stereocenters. The van der Waals surface area contributed by atoms with Crippen molar-refractivity contribution in [3.8, 4) is 0 Å². The summed E-state index contributed by atoms with van der Waals surface area (Å²) in [6.07, 6.45) is 0.992. The number of para-hydroxylation sites is 2. The number of rotatable bonds is 6. The molecule has 0 aliphatic carbocycles. The molecule has 1 fully saturated rings. The Hall–Kier alpha value is -3.68. The maximum atomic E-state index is 13.0. The van der Waals surface area contributed by atoms with E-state index in [0.29, 0.717) is 30.8 Å². The Bertz CT molecular complexity index is 1080. The van der Waals surface area contributed by atoms with Gasteiger partial charge < -0.3 is 20.2 Å². The zero-order chi connectivity index (χ0) is 23.5. The standard InChI is InChI=1S/C25H27N3O5/c1-16-9-11-17(12-10-16)24-18(25(32)33)13-14-27(24)22(30)7-4-8-23(31)28-15-21(29)26-19-5-2-3-6-20(19)28/h2-3,5-6,9-12,18,24H,4,7-8,13-15H2,1H3,(H,26,29)(H,32,33)/t18-,24-/m1/s1. The molecule has 2 aliphatic heterocycles. The highest BCUT2D eigenvalue weighted by Crippen LogP contribution is 2.38. The molecule has 8 heteroatoms. The van der Waals surface area contributed by atoms with Crippen molar-refractivity contribution >= 4 is 35.1 Å². The molecule has 0 radical (unpaired) electrons. The maximum Gasteiger partial charge on any atom is 0.309 e. The number of benzene rings is 2. The number of hydrogen-bond donors (Lipinski definition) is 2. The van der Waals surface area contributed by atoms with Gasteiger partial charge in [0.25, 0.3) is 0 Å². The van der Waals surface area contributed by atoms with E-state index in [2.05, 4.69) is 5.32 Å². The number of fused-ring (bicyclic) bond motifs is 1. The smallest absolute Gasteiger partial charge is 0.309 e. The molecular weight excluding hydrogens is 422 g/mol. The molecule has 2 aromatic carbocycles. The van der Waals surface area contributed by atoms with Crippen LogP contribution in [0.3, 0.4) is 0 Å². The van der Waals surface area contributed by atoms with Gasteiger partial charge in [0, 0.05) is 19.4 Å². The fraction of sp³-hybridized carbons (Fsp3) is 0.360. The number of carbonyl (C=O) groups is 4. The van der Waals surface area contributed by atoms with Crippen LogP contribution >= 0.6 is 0 Å². The highest BCUT2D eigenvalue weighted by molar-refractivity contribution is 6.09. The Morgan fingerprint density at radius 3 is 2.45 bits per heavy atom. The zero-order valence-corrected chi connectivity index (χ0v) is 18.5. The van der Waals surface area contributed by atoms with Crippen LogP contribution in [0.2, 0.25) is 0 Å². The van der Waals surface area contributed by atoms with Crippen LogP contribution in [0, 0.1) is 12.8 Å². The topological polar surface area (TPSA) is 107 Å². The van der Waals surface area contributed by atoms with Crippen molar-refractivity contribution < 1.29 is 24.3 Å². The van der Waals surface area contributed by atoms with Crippen molar-refractivity contribution in [2.24, 2.45) is 5.92 Å². The van der Waals surface area contributed by atoms with Crippen LogP contribution in [0.25, 0.3) is 0 Å². The molecule has 0 spiro atoms. The third kappa shape index (κ3) is 4.74. The predicted octanol–water partition coefficient (Wildman–Crippen LogP) is 3.12. The molecule has 0 saturated carbocycles. The summed E-state index contributed by atoms with van der Waals surface area (Å²) in [7, 11) is 0. The summed E-state index contributed by atoms with van der Waals surface area (Å²) < 4.78 is 0. The first kappa shape index (κ1) is 22.5. The van der Waals surface area contributed by atoms with Gasteiger partial charge in [-0.25, -0.2) is 0 Å². The molecule has 8 nitrogen and oxygen atoms in total. The van der Waals surface area contributed by atoms with Crippen LogP contribution in [-0.2, 0) is 19.2 Å². The number of carboxylic acids is 1. The number of carboxylic acid groups (broad SMARTS) is 1. The number of likely N-dealkylation sites (tertiary alicyclic amines) is 1. The summed E-state index contributed by atoms with van der Waals surface area (Å²) in [4.78, 5) is 52.7. The number of aliphatic carboxylic acids is 1. The SMILES string of the molecule is Cc1ccc([C@@H]2[C@H](C(=O)O)CCN2C(=O)CCCC(=O)N2CC(=O)Nc3ccccc32)cc1. The summed E-state index contributed by atoms with van der Waals surface area (Å²) in [6, 6.07) is 14.2. The minimum atomic E-state index is -0.909. The average molecular weight is 450 g/mol. The van der Waals surface area contributed by atoms with E-state index in [1.165, 1.54) is 4.90 Å². The molecule has 0 unspecified atom stereocenters. The van der Waals surface area contributed by atoms with E-state index < -0.39 is 17.9 Å². The number of anilines is 2. The fourth-order valence-corrected chi connectivity index (χ4v) is 4.63. The summed E-state index contributed by atoms with van der Waals surface area (Å²) in [5.74, 6) is -2.19. The normalized spacial score (nSPS) is 19.7. The largest absolute Gasteiger partial charge is 0.481 e. The van der Waals surface area contributed by atoms with Crippen molar-refractivity contribution in [3.05, 3.63) is 59.7 Å². The first-order valence-electron chi connectivity index (χ1n) is 11.1. The van der Waals surface area contributed by atoms with Gasteiger partial charge in [0.1, 0.15) is 6.54 Å². The Labute approximate surface area is 192 Å². The van der Waals surface area contributed by atoms with Crippen molar-refractivity contribution in [3.63, 3.8) is 0 Å². The highest BCUT2D eigenvalue weighted by Gasteiger charge is 2.41. The van der Waals surface area contributed by atoms with Gasteiger partial charge in [-0.05, 0) is 37.5 Å². The van der Waals surface area contributed by atoms with Crippen molar-refractivity contribution in [2.45, 2.75) is 38.6 Å². The Balaban J connectivity index is 1.40. The number of hydrogen-bond acceptors (Lipinski definition) is 4. The van der Waals surface area contributed by atoms with Crippen molar-refractivity contribution in [1.82, 2.24) is 4.90 Å². The maximum absolute atomic E-state index is 13.0.